The lowest BCUT2D eigenvalue weighted by Gasteiger charge is -2.33. The summed E-state index contributed by atoms with van der Waals surface area (Å²) in [5, 5.41) is 0. The average molecular weight is 282 g/mol. The molecular weight excluding hydrogens is 256 g/mol. The lowest BCUT2D eigenvalue weighted by molar-refractivity contribution is -0.105. The maximum atomic E-state index is 7.02. The minimum Gasteiger partial charge on any atom is -0.365 e. The second kappa shape index (κ2) is 3.52. The highest BCUT2D eigenvalue weighted by molar-refractivity contribution is 5.41. The lowest BCUT2D eigenvalue weighted by Crippen LogP contribution is -2.37. The summed E-state index contributed by atoms with van der Waals surface area (Å²) in [6.45, 7) is 13.8. The molecule has 0 saturated heterocycles. The molecule has 0 amide bonds. The van der Waals surface area contributed by atoms with Gasteiger partial charge in [0.2, 0.25) is 0 Å². The number of hydrogen-bond acceptors (Lipinski definition) is 1. The van der Waals surface area contributed by atoms with Gasteiger partial charge >= 0.3 is 0 Å². The third-order valence-electron chi connectivity index (χ3n) is 6.92. The molecular formula is C20H26O. The van der Waals surface area contributed by atoms with Crippen LogP contribution in [-0.4, -0.2) is 11.2 Å². The largest absolute Gasteiger partial charge is 0.365 e. The first kappa shape index (κ1) is 13.7. The van der Waals surface area contributed by atoms with Crippen molar-refractivity contribution in [3.05, 3.63) is 0 Å². The van der Waals surface area contributed by atoms with Gasteiger partial charge < -0.3 is 4.74 Å². The number of hydrogen-bond donors (Lipinski definition) is 0. The third-order valence-corrected chi connectivity index (χ3v) is 6.92. The fourth-order valence-corrected chi connectivity index (χ4v) is 5.23. The van der Waals surface area contributed by atoms with E-state index >= 15 is 0 Å². The van der Waals surface area contributed by atoms with Crippen LogP contribution in [0.1, 0.15) is 54.4 Å². The van der Waals surface area contributed by atoms with Crippen LogP contribution < -0.4 is 0 Å². The summed E-state index contributed by atoms with van der Waals surface area (Å²) in [5.74, 6) is 15.5. The molecule has 112 valence electrons. The van der Waals surface area contributed by atoms with Crippen LogP contribution >= 0.6 is 0 Å². The highest BCUT2D eigenvalue weighted by Gasteiger charge is 2.81. The number of fused-ring (bicyclic) bond motifs is 2. The van der Waals surface area contributed by atoms with Crippen LogP contribution in [0.5, 0.6) is 0 Å². The Hall–Kier alpha value is -0.920. The Bertz CT molecular complexity index is 578. The van der Waals surface area contributed by atoms with Crippen molar-refractivity contribution in [3.63, 3.8) is 0 Å². The molecule has 4 aliphatic rings. The zero-order chi connectivity index (χ0) is 15.3. The van der Waals surface area contributed by atoms with Gasteiger partial charge in [0.25, 0.3) is 0 Å². The summed E-state index contributed by atoms with van der Waals surface area (Å²) in [7, 11) is 0. The molecule has 0 aliphatic heterocycles. The zero-order valence-electron chi connectivity index (χ0n) is 14.1. The molecule has 1 nitrogen and oxygen atoms in total. The first-order chi connectivity index (χ1) is 9.67. The van der Waals surface area contributed by atoms with Crippen molar-refractivity contribution in [3.8, 4) is 23.7 Å². The van der Waals surface area contributed by atoms with E-state index in [2.05, 4.69) is 65.2 Å². The molecule has 6 atom stereocenters. The van der Waals surface area contributed by atoms with Gasteiger partial charge in [-0.15, -0.1) is 0 Å². The molecule has 4 aliphatic carbocycles. The molecule has 0 aromatic rings. The molecule has 2 fully saturated rings. The molecule has 0 aromatic heterocycles. The molecule has 0 bridgehead atoms. The zero-order valence-corrected chi connectivity index (χ0v) is 14.1. The Morgan fingerprint density at radius 3 is 1.48 bits per heavy atom. The SMILES string of the molecule is CC1C#CC2C(C)(C)C2(OC23CC(C)C#CC2C3(C)C)C1. The minimum atomic E-state index is -0.0254. The second-order valence-corrected chi connectivity index (χ2v) is 8.98. The summed E-state index contributed by atoms with van der Waals surface area (Å²) in [4.78, 5) is 0. The van der Waals surface area contributed by atoms with E-state index in [4.69, 9.17) is 4.74 Å². The van der Waals surface area contributed by atoms with Gasteiger partial charge in [-0.25, -0.2) is 0 Å². The lowest BCUT2D eigenvalue weighted by atomic mass is 9.91. The van der Waals surface area contributed by atoms with Crippen molar-refractivity contribution >= 4 is 0 Å². The Labute approximate surface area is 129 Å². The van der Waals surface area contributed by atoms with E-state index in [1.807, 2.05) is 0 Å². The fourth-order valence-electron chi connectivity index (χ4n) is 5.23. The topological polar surface area (TPSA) is 9.23 Å². The molecule has 0 radical (unpaired) electrons. The van der Waals surface area contributed by atoms with Gasteiger partial charge in [-0.05, 0) is 12.8 Å². The predicted octanol–water partition coefficient (Wildman–Crippen LogP) is 3.88. The smallest absolute Gasteiger partial charge is 0.0909 e. The highest BCUT2D eigenvalue weighted by atomic mass is 16.5. The minimum absolute atomic E-state index is 0.0254. The summed E-state index contributed by atoms with van der Waals surface area (Å²) >= 11 is 0. The van der Waals surface area contributed by atoms with Gasteiger partial charge in [-0.2, -0.15) is 0 Å². The van der Waals surface area contributed by atoms with Crippen LogP contribution in [0.2, 0.25) is 0 Å². The molecule has 0 heterocycles. The Balaban J connectivity index is 1.69. The van der Waals surface area contributed by atoms with Crippen LogP contribution in [-0.2, 0) is 4.74 Å². The summed E-state index contributed by atoms with van der Waals surface area (Å²) in [6, 6.07) is 0. The van der Waals surface area contributed by atoms with Gasteiger partial charge in [0.05, 0.1) is 23.0 Å². The van der Waals surface area contributed by atoms with Crippen LogP contribution in [0, 0.1) is 58.2 Å². The Morgan fingerprint density at radius 1 is 0.714 bits per heavy atom. The monoisotopic (exact) mass is 282 g/mol. The van der Waals surface area contributed by atoms with Crippen molar-refractivity contribution in [2.24, 2.45) is 34.5 Å². The summed E-state index contributed by atoms with van der Waals surface area (Å²) < 4.78 is 7.02. The Kier molecular flexibility index (Phi) is 2.30. The maximum absolute atomic E-state index is 7.02. The molecule has 2 saturated carbocycles. The van der Waals surface area contributed by atoms with Crippen molar-refractivity contribution in [2.75, 3.05) is 0 Å². The van der Waals surface area contributed by atoms with Gasteiger partial charge in [-0.3, -0.25) is 0 Å². The summed E-state index contributed by atoms with van der Waals surface area (Å²) in [6.07, 6.45) is 2.17. The third kappa shape index (κ3) is 1.40. The predicted molar refractivity (Wildman–Crippen MR) is 84.2 cm³/mol. The number of ether oxygens (including phenoxy) is 1. The fraction of sp³-hybridized carbons (Fsp3) is 0.800. The Morgan fingerprint density at radius 2 is 1.10 bits per heavy atom. The quantitative estimate of drug-likeness (QED) is 0.698. The van der Waals surface area contributed by atoms with Gasteiger partial charge in [0, 0.05) is 22.7 Å². The molecule has 6 unspecified atom stereocenters. The van der Waals surface area contributed by atoms with Crippen LogP contribution in [0.3, 0.4) is 0 Å². The van der Waals surface area contributed by atoms with Crippen molar-refractivity contribution < 1.29 is 4.74 Å². The van der Waals surface area contributed by atoms with E-state index in [1.54, 1.807) is 0 Å². The maximum Gasteiger partial charge on any atom is 0.0909 e. The van der Waals surface area contributed by atoms with Gasteiger partial charge in [0.15, 0.2) is 0 Å². The van der Waals surface area contributed by atoms with E-state index in [9.17, 15) is 0 Å². The standard InChI is InChI=1S/C20H26O/c1-13-7-9-15-17(3,4)19(15,11-13)21-20-12-14(2)8-10-16(20)18(20,5)6/h13-16H,11-12H2,1-6H3. The van der Waals surface area contributed by atoms with E-state index in [1.165, 1.54) is 0 Å². The van der Waals surface area contributed by atoms with Crippen molar-refractivity contribution in [1.29, 1.82) is 0 Å². The molecule has 0 N–H and O–H groups in total. The van der Waals surface area contributed by atoms with Crippen LogP contribution in [0.15, 0.2) is 0 Å². The number of rotatable bonds is 2. The van der Waals surface area contributed by atoms with Gasteiger partial charge in [0.1, 0.15) is 0 Å². The van der Waals surface area contributed by atoms with Gasteiger partial charge in [-0.1, -0.05) is 65.2 Å². The van der Waals surface area contributed by atoms with Crippen molar-refractivity contribution in [2.45, 2.75) is 65.6 Å². The summed E-state index contributed by atoms with van der Waals surface area (Å²) in [5.41, 5.74) is 0.332. The molecule has 1 heteroatoms. The molecule has 0 aromatic carbocycles. The average Bonchev–Trinajstić information content (AvgIpc) is 3.03. The van der Waals surface area contributed by atoms with E-state index < -0.39 is 0 Å². The van der Waals surface area contributed by atoms with Crippen LogP contribution in [0.25, 0.3) is 0 Å². The second-order valence-electron chi connectivity index (χ2n) is 8.98. The molecule has 0 spiro atoms. The normalized spacial score (nSPS) is 53.2. The molecule has 21 heavy (non-hydrogen) atoms. The van der Waals surface area contributed by atoms with Crippen LogP contribution in [0.4, 0.5) is 0 Å². The first-order valence-corrected chi connectivity index (χ1v) is 8.40. The van der Waals surface area contributed by atoms with E-state index in [-0.39, 0.29) is 22.0 Å². The van der Waals surface area contributed by atoms with Crippen molar-refractivity contribution in [1.82, 2.24) is 0 Å². The van der Waals surface area contributed by atoms with E-state index in [0.29, 0.717) is 23.7 Å². The highest BCUT2D eigenvalue weighted by Crippen LogP contribution is 2.76. The molecule has 4 rings (SSSR count). The van der Waals surface area contributed by atoms with E-state index in [0.717, 1.165) is 12.8 Å². The first-order valence-electron chi connectivity index (χ1n) is 8.40.